The predicted octanol–water partition coefficient (Wildman–Crippen LogP) is 5.55. The highest BCUT2D eigenvalue weighted by Gasteiger charge is 2.39. The monoisotopic (exact) mass is 464 g/mol. The average Bonchev–Trinajstić information content (AvgIpc) is 2.68. The molecular weight excluding hydrogens is 446 g/mol. The fourth-order valence-corrected chi connectivity index (χ4v) is 3.81. The van der Waals surface area contributed by atoms with Gasteiger partial charge in [0.15, 0.2) is 0 Å². The number of rotatable bonds is 3. The Morgan fingerprint density at radius 2 is 1.55 bits per heavy atom. The van der Waals surface area contributed by atoms with E-state index in [4.69, 9.17) is 17.3 Å². The number of piperidine rings is 1. The molecular formula is C21H19ClF6N2O. The number of hydrogen-bond donors (Lipinski definition) is 1. The van der Waals surface area contributed by atoms with E-state index in [2.05, 4.69) is 0 Å². The van der Waals surface area contributed by atoms with E-state index < -0.39 is 41.0 Å². The van der Waals surface area contributed by atoms with Crippen LogP contribution in [0.3, 0.4) is 0 Å². The van der Waals surface area contributed by atoms with Crippen molar-refractivity contribution in [2.24, 2.45) is 5.73 Å². The van der Waals surface area contributed by atoms with Gasteiger partial charge in [0.25, 0.3) is 5.91 Å². The maximum absolute atomic E-state index is 13.2. The quantitative estimate of drug-likeness (QED) is 0.605. The molecule has 3 rings (SSSR count). The van der Waals surface area contributed by atoms with E-state index in [-0.39, 0.29) is 18.7 Å². The van der Waals surface area contributed by atoms with Crippen LogP contribution in [-0.4, -0.2) is 29.4 Å². The molecule has 10 heteroatoms. The van der Waals surface area contributed by atoms with Gasteiger partial charge in [-0.25, -0.2) is 0 Å². The summed E-state index contributed by atoms with van der Waals surface area (Å²) < 4.78 is 79.0. The summed E-state index contributed by atoms with van der Waals surface area (Å²) in [5.41, 5.74) is 3.14. The van der Waals surface area contributed by atoms with E-state index in [1.54, 1.807) is 24.3 Å². The molecule has 1 aliphatic heterocycles. The first kappa shape index (κ1) is 23.4. The van der Waals surface area contributed by atoms with Crippen LogP contribution < -0.4 is 5.73 Å². The van der Waals surface area contributed by atoms with Crippen molar-refractivity contribution in [1.82, 2.24) is 4.90 Å². The van der Waals surface area contributed by atoms with E-state index in [9.17, 15) is 31.1 Å². The highest BCUT2D eigenvalue weighted by Crippen LogP contribution is 2.37. The highest BCUT2D eigenvalue weighted by atomic mass is 35.5. The molecule has 2 N–H and O–H groups in total. The topological polar surface area (TPSA) is 46.3 Å². The molecule has 3 nitrogen and oxygen atoms in total. The van der Waals surface area contributed by atoms with Crippen molar-refractivity contribution in [2.45, 2.75) is 43.7 Å². The fraction of sp³-hybridized carbons (Fsp3) is 0.381. The molecule has 2 atom stereocenters. The molecule has 2 aromatic carbocycles. The van der Waals surface area contributed by atoms with Crippen molar-refractivity contribution >= 4 is 17.5 Å². The Hall–Kier alpha value is -2.26. The molecule has 0 saturated carbocycles. The second-order valence-corrected chi connectivity index (χ2v) is 8.00. The lowest BCUT2D eigenvalue weighted by Crippen LogP contribution is -2.50. The van der Waals surface area contributed by atoms with E-state index in [1.165, 1.54) is 4.90 Å². The van der Waals surface area contributed by atoms with Crippen LogP contribution in [0.2, 0.25) is 5.02 Å². The summed E-state index contributed by atoms with van der Waals surface area (Å²) in [6.45, 7) is 0.135. The van der Waals surface area contributed by atoms with E-state index in [0.29, 0.717) is 36.4 Å². The lowest BCUT2D eigenvalue weighted by atomic mass is 9.91. The zero-order valence-electron chi connectivity index (χ0n) is 16.1. The van der Waals surface area contributed by atoms with Gasteiger partial charge < -0.3 is 10.6 Å². The second kappa shape index (κ2) is 8.70. The summed E-state index contributed by atoms with van der Waals surface area (Å²) >= 11 is 5.87. The van der Waals surface area contributed by atoms with Crippen LogP contribution in [0, 0.1) is 0 Å². The Kier molecular flexibility index (Phi) is 6.57. The van der Waals surface area contributed by atoms with E-state index in [0.717, 1.165) is 5.56 Å². The molecule has 1 fully saturated rings. The van der Waals surface area contributed by atoms with Crippen LogP contribution in [0.5, 0.6) is 0 Å². The summed E-state index contributed by atoms with van der Waals surface area (Å²) in [4.78, 5) is 14.4. The van der Waals surface area contributed by atoms with Crippen LogP contribution in [-0.2, 0) is 18.8 Å². The molecule has 168 valence electrons. The van der Waals surface area contributed by atoms with Gasteiger partial charge in [-0.15, -0.1) is 0 Å². The van der Waals surface area contributed by atoms with Gasteiger partial charge in [0.2, 0.25) is 0 Å². The van der Waals surface area contributed by atoms with Gasteiger partial charge >= 0.3 is 12.4 Å². The molecule has 0 radical (unpaired) electrons. The maximum Gasteiger partial charge on any atom is 0.416 e. The van der Waals surface area contributed by atoms with Gasteiger partial charge in [-0.3, -0.25) is 4.79 Å². The van der Waals surface area contributed by atoms with Crippen LogP contribution in [0.25, 0.3) is 0 Å². The predicted molar refractivity (Wildman–Crippen MR) is 104 cm³/mol. The standard InChI is InChI=1S/C21H19ClF6N2O/c22-16-3-1-12(2-4-16)7-18-11-17(29)5-6-30(18)19(31)13-8-14(20(23,24)25)10-15(9-13)21(26,27)28/h1-4,8-10,17-18H,5-7,11,29H2. The molecule has 0 aromatic heterocycles. The van der Waals surface area contributed by atoms with Crippen molar-refractivity contribution in [3.63, 3.8) is 0 Å². The summed E-state index contributed by atoms with van der Waals surface area (Å²) in [5.74, 6) is -0.887. The zero-order valence-corrected chi connectivity index (χ0v) is 16.9. The van der Waals surface area contributed by atoms with Crippen molar-refractivity contribution in [3.8, 4) is 0 Å². The number of halogens is 7. The molecule has 1 heterocycles. The SMILES string of the molecule is NC1CCN(C(=O)c2cc(C(F)(F)F)cc(C(F)(F)F)c2)C(Cc2ccc(Cl)cc2)C1. The van der Waals surface area contributed by atoms with Gasteiger partial charge in [0.1, 0.15) is 0 Å². The van der Waals surface area contributed by atoms with Gasteiger partial charge in [-0.2, -0.15) is 26.3 Å². The number of benzene rings is 2. The van der Waals surface area contributed by atoms with Gasteiger partial charge in [-0.1, -0.05) is 23.7 Å². The van der Waals surface area contributed by atoms with Crippen LogP contribution in [0.15, 0.2) is 42.5 Å². The minimum absolute atomic E-state index is 0.00803. The zero-order chi connectivity index (χ0) is 23.0. The van der Waals surface area contributed by atoms with E-state index in [1.807, 2.05) is 0 Å². The highest BCUT2D eigenvalue weighted by molar-refractivity contribution is 6.30. The molecule has 2 aromatic rings. The largest absolute Gasteiger partial charge is 0.416 e. The van der Waals surface area contributed by atoms with Crippen molar-refractivity contribution in [2.75, 3.05) is 6.54 Å². The number of likely N-dealkylation sites (tertiary alicyclic amines) is 1. The molecule has 1 aliphatic rings. The minimum atomic E-state index is -5.02. The van der Waals surface area contributed by atoms with Crippen LogP contribution in [0.4, 0.5) is 26.3 Å². The molecule has 2 unspecified atom stereocenters. The first-order chi connectivity index (χ1) is 14.3. The van der Waals surface area contributed by atoms with Crippen molar-refractivity contribution < 1.29 is 31.1 Å². The number of hydrogen-bond acceptors (Lipinski definition) is 2. The molecule has 1 saturated heterocycles. The first-order valence-corrected chi connectivity index (χ1v) is 9.83. The molecule has 0 aliphatic carbocycles. The van der Waals surface area contributed by atoms with Gasteiger partial charge in [0, 0.05) is 29.2 Å². The molecule has 1 amide bonds. The number of nitrogens with two attached hydrogens (primary N) is 1. The van der Waals surface area contributed by atoms with E-state index >= 15 is 0 Å². The lowest BCUT2D eigenvalue weighted by molar-refractivity contribution is -0.143. The second-order valence-electron chi connectivity index (χ2n) is 7.56. The summed E-state index contributed by atoms with van der Waals surface area (Å²) in [5, 5.41) is 0.515. The van der Waals surface area contributed by atoms with Crippen LogP contribution in [0.1, 0.15) is 39.9 Å². The summed E-state index contributed by atoms with van der Waals surface area (Å²) in [6, 6.07) is 7.05. The maximum atomic E-state index is 13.2. The summed E-state index contributed by atoms with van der Waals surface area (Å²) in [7, 11) is 0. The Balaban J connectivity index is 1.95. The third kappa shape index (κ3) is 5.71. The third-order valence-electron chi connectivity index (χ3n) is 5.24. The third-order valence-corrected chi connectivity index (χ3v) is 5.49. The smallest absolute Gasteiger partial charge is 0.335 e. The van der Waals surface area contributed by atoms with Gasteiger partial charge in [-0.05, 0) is 55.2 Å². The molecule has 0 bridgehead atoms. The average molecular weight is 465 g/mol. The summed E-state index contributed by atoms with van der Waals surface area (Å²) in [6.07, 6.45) is -8.93. The molecule has 31 heavy (non-hydrogen) atoms. The van der Waals surface area contributed by atoms with Crippen molar-refractivity contribution in [3.05, 3.63) is 69.7 Å². The Morgan fingerprint density at radius 1 is 1.00 bits per heavy atom. The minimum Gasteiger partial charge on any atom is -0.335 e. The number of amides is 1. The molecule has 0 spiro atoms. The van der Waals surface area contributed by atoms with Crippen LogP contribution >= 0.6 is 11.6 Å². The fourth-order valence-electron chi connectivity index (χ4n) is 3.68. The number of carbonyl (C=O) groups is 1. The first-order valence-electron chi connectivity index (χ1n) is 9.45. The number of alkyl halides is 6. The Morgan fingerprint density at radius 3 is 2.06 bits per heavy atom. The number of nitrogens with zero attached hydrogens (tertiary/aromatic N) is 1. The Labute approximate surface area is 179 Å². The normalized spacial score (nSPS) is 20.1. The van der Waals surface area contributed by atoms with Crippen molar-refractivity contribution in [1.29, 1.82) is 0 Å². The van der Waals surface area contributed by atoms with Gasteiger partial charge in [0.05, 0.1) is 11.1 Å². The number of carbonyl (C=O) groups excluding carboxylic acids is 1. The lowest BCUT2D eigenvalue weighted by Gasteiger charge is -2.39. The Bertz CT molecular complexity index is 910.